The van der Waals surface area contributed by atoms with Crippen LogP contribution in [0.4, 0.5) is 0 Å². The van der Waals surface area contributed by atoms with Gasteiger partial charge >= 0.3 is 5.97 Å². The summed E-state index contributed by atoms with van der Waals surface area (Å²) in [5.41, 5.74) is 0. The van der Waals surface area contributed by atoms with Crippen molar-refractivity contribution in [3.63, 3.8) is 0 Å². The first-order chi connectivity index (χ1) is 4.65. The van der Waals surface area contributed by atoms with Gasteiger partial charge in [0.2, 0.25) is 0 Å². The Balaban J connectivity index is 2.80. The van der Waals surface area contributed by atoms with Crippen molar-refractivity contribution in [2.75, 3.05) is 0 Å². The molecule has 1 aliphatic carbocycles. The molecule has 0 aromatic heterocycles. The molecule has 2 nitrogen and oxygen atoms in total. The quantitative estimate of drug-likeness (QED) is 0.561. The van der Waals surface area contributed by atoms with Crippen LogP contribution in [0, 0.1) is 0 Å². The van der Waals surface area contributed by atoms with Crippen LogP contribution in [0.25, 0.3) is 0 Å². The minimum absolute atomic E-state index is 0.460. The summed E-state index contributed by atoms with van der Waals surface area (Å²) in [5, 5.41) is 8.64. The molecule has 1 aliphatic rings. The highest BCUT2D eigenvalue weighted by Gasteiger charge is 2.30. The SMILES string of the molecule is O=C(O)C1(S)C=CC=CC1. The second kappa shape index (κ2) is 2.50. The number of carbonyl (C=O) groups is 1. The molecule has 0 bridgehead atoms. The van der Waals surface area contributed by atoms with Crippen LogP contribution < -0.4 is 0 Å². The molecule has 1 atom stereocenters. The molecular weight excluding hydrogens is 148 g/mol. The van der Waals surface area contributed by atoms with Crippen molar-refractivity contribution in [1.29, 1.82) is 0 Å². The van der Waals surface area contributed by atoms with Gasteiger partial charge in [0.15, 0.2) is 0 Å². The minimum Gasteiger partial charge on any atom is -0.480 e. The van der Waals surface area contributed by atoms with Crippen LogP contribution in [0.15, 0.2) is 24.3 Å². The van der Waals surface area contributed by atoms with Crippen molar-refractivity contribution < 1.29 is 9.90 Å². The molecule has 0 aliphatic heterocycles. The largest absolute Gasteiger partial charge is 0.480 e. The monoisotopic (exact) mass is 156 g/mol. The third-order valence-electron chi connectivity index (χ3n) is 1.42. The smallest absolute Gasteiger partial charge is 0.323 e. The molecule has 3 heteroatoms. The summed E-state index contributed by atoms with van der Waals surface area (Å²) in [4.78, 5) is 10.5. The first-order valence-electron chi connectivity index (χ1n) is 2.95. The third kappa shape index (κ3) is 1.24. The van der Waals surface area contributed by atoms with Gasteiger partial charge in [0.1, 0.15) is 4.75 Å². The molecule has 0 aromatic rings. The first-order valence-corrected chi connectivity index (χ1v) is 3.40. The van der Waals surface area contributed by atoms with E-state index in [1.165, 1.54) is 0 Å². The Morgan fingerprint density at radius 3 is 2.60 bits per heavy atom. The highest BCUT2D eigenvalue weighted by atomic mass is 32.1. The van der Waals surface area contributed by atoms with Crippen LogP contribution in [0.5, 0.6) is 0 Å². The molecule has 0 saturated heterocycles. The summed E-state index contributed by atoms with van der Waals surface area (Å²) < 4.78 is -0.977. The van der Waals surface area contributed by atoms with Crippen molar-refractivity contribution >= 4 is 18.6 Å². The highest BCUT2D eigenvalue weighted by molar-refractivity contribution is 7.83. The summed E-state index contributed by atoms with van der Waals surface area (Å²) in [5.74, 6) is -0.892. The fourth-order valence-electron chi connectivity index (χ4n) is 0.768. The van der Waals surface area contributed by atoms with E-state index >= 15 is 0 Å². The predicted molar refractivity (Wildman–Crippen MR) is 42.2 cm³/mol. The van der Waals surface area contributed by atoms with Crippen molar-refractivity contribution in [3.8, 4) is 0 Å². The van der Waals surface area contributed by atoms with E-state index in [0.29, 0.717) is 6.42 Å². The molecule has 0 fully saturated rings. The molecule has 0 saturated carbocycles. The maximum absolute atomic E-state index is 10.5. The molecule has 10 heavy (non-hydrogen) atoms. The Morgan fingerprint density at radius 1 is 1.60 bits per heavy atom. The minimum atomic E-state index is -0.977. The third-order valence-corrected chi connectivity index (χ3v) is 1.94. The van der Waals surface area contributed by atoms with E-state index in [1.54, 1.807) is 18.2 Å². The molecule has 54 valence electrons. The lowest BCUT2D eigenvalue weighted by atomic mass is 10.0. The summed E-state index contributed by atoms with van der Waals surface area (Å²) in [6, 6.07) is 0. The maximum atomic E-state index is 10.5. The molecule has 1 unspecified atom stereocenters. The van der Waals surface area contributed by atoms with Gasteiger partial charge in [0.05, 0.1) is 0 Å². The van der Waals surface area contributed by atoms with Gasteiger partial charge in [-0.25, -0.2) is 0 Å². The second-order valence-electron chi connectivity index (χ2n) is 2.22. The Hall–Kier alpha value is -0.700. The molecular formula is C7H8O2S. The first kappa shape index (κ1) is 7.41. The molecule has 0 amide bonds. The zero-order chi connectivity index (χ0) is 7.61. The summed E-state index contributed by atoms with van der Waals surface area (Å²) in [7, 11) is 0. The maximum Gasteiger partial charge on any atom is 0.323 e. The van der Waals surface area contributed by atoms with Crippen LogP contribution in [0.2, 0.25) is 0 Å². The number of aliphatic carboxylic acids is 1. The topological polar surface area (TPSA) is 37.3 Å². The molecule has 0 aromatic carbocycles. The number of hydrogen-bond donors (Lipinski definition) is 2. The standard InChI is InChI=1S/C7H8O2S/c8-6(9)7(10)4-2-1-3-5-7/h1-4,10H,5H2,(H,8,9). The second-order valence-corrected chi connectivity index (χ2v) is 3.02. The van der Waals surface area contributed by atoms with Gasteiger partial charge in [0, 0.05) is 0 Å². The Bertz CT molecular complexity index is 208. The summed E-state index contributed by atoms with van der Waals surface area (Å²) >= 11 is 4.01. The lowest BCUT2D eigenvalue weighted by molar-refractivity contribution is -0.138. The van der Waals surface area contributed by atoms with Crippen molar-refractivity contribution in [3.05, 3.63) is 24.3 Å². The van der Waals surface area contributed by atoms with Gasteiger partial charge in [-0.2, -0.15) is 12.6 Å². The number of allylic oxidation sites excluding steroid dienone is 3. The predicted octanol–water partition coefficient (Wildman–Crippen LogP) is 1.26. The molecule has 0 radical (unpaired) electrons. The van der Waals surface area contributed by atoms with Gasteiger partial charge in [-0.1, -0.05) is 24.3 Å². The van der Waals surface area contributed by atoms with Gasteiger partial charge < -0.3 is 5.11 Å². The number of carboxylic acid groups (broad SMARTS) is 1. The Labute approximate surface area is 64.7 Å². The highest BCUT2D eigenvalue weighted by Crippen LogP contribution is 2.24. The van der Waals surface area contributed by atoms with E-state index in [-0.39, 0.29) is 0 Å². The zero-order valence-electron chi connectivity index (χ0n) is 5.32. The van der Waals surface area contributed by atoms with Gasteiger partial charge in [0.25, 0.3) is 0 Å². The van der Waals surface area contributed by atoms with E-state index < -0.39 is 10.7 Å². The van der Waals surface area contributed by atoms with Crippen LogP contribution in [0.3, 0.4) is 0 Å². The lowest BCUT2D eigenvalue weighted by Crippen LogP contribution is -2.30. The summed E-state index contributed by atoms with van der Waals surface area (Å²) in [6.45, 7) is 0. The molecule has 0 heterocycles. The van der Waals surface area contributed by atoms with Crippen molar-refractivity contribution in [2.45, 2.75) is 11.2 Å². The molecule has 1 N–H and O–H groups in total. The van der Waals surface area contributed by atoms with Gasteiger partial charge in [-0.05, 0) is 6.42 Å². The zero-order valence-corrected chi connectivity index (χ0v) is 6.21. The van der Waals surface area contributed by atoms with Crippen LogP contribution in [-0.4, -0.2) is 15.8 Å². The van der Waals surface area contributed by atoms with Crippen molar-refractivity contribution in [1.82, 2.24) is 0 Å². The van der Waals surface area contributed by atoms with E-state index in [0.717, 1.165) is 0 Å². The van der Waals surface area contributed by atoms with Gasteiger partial charge in [-0.15, -0.1) is 0 Å². The normalized spacial score (nSPS) is 30.5. The fourth-order valence-corrected chi connectivity index (χ4v) is 0.959. The van der Waals surface area contributed by atoms with Gasteiger partial charge in [-0.3, -0.25) is 4.79 Å². The lowest BCUT2D eigenvalue weighted by Gasteiger charge is -2.18. The number of carboxylic acids is 1. The average molecular weight is 156 g/mol. The van der Waals surface area contributed by atoms with Crippen LogP contribution >= 0.6 is 12.6 Å². The van der Waals surface area contributed by atoms with Crippen LogP contribution in [-0.2, 0) is 4.79 Å². The Morgan fingerprint density at radius 2 is 2.30 bits per heavy atom. The number of hydrogen-bond acceptors (Lipinski definition) is 2. The van der Waals surface area contributed by atoms with E-state index in [4.69, 9.17) is 5.11 Å². The van der Waals surface area contributed by atoms with Crippen LogP contribution in [0.1, 0.15) is 6.42 Å². The Kier molecular flexibility index (Phi) is 1.85. The average Bonchev–Trinajstić information content (AvgIpc) is 1.89. The summed E-state index contributed by atoms with van der Waals surface area (Å²) in [6.07, 6.45) is 7.35. The molecule has 1 rings (SSSR count). The fraction of sp³-hybridized carbons (Fsp3) is 0.286. The van der Waals surface area contributed by atoms with E-state index in [1.807, 2.05) is 6.08 Å². The van der Waals surface area contributed by atoms with E-state index in [2.05, 4.69) is 12.6 Å². The number of rotatable bonds is 1. The number of thiol groups is 1. The van der Waals surface area contributed by atoms with E-state index in [9.17, 15) is 4.79 Å². The molecule has 0 spiro atoms. The van der Waals surface area contributed by atoms with Crippen molar-refractivity contribution in [2.24, 2.45) is 0 Å².